The van der Waals surface area contributed by atoms with Crippen molar-refractivity contribution in [2.24, 2.45) is 0 Å². The fourth-order valence-corrected chi connectivity index (χ4v) is 3.44. The van der Waals surface area contributed by atoms with Crippen LogP contribution in [0, 0.1) is 0 Å². The molecule has 0 spiro atoms. The van der Waals surface area contributed by atoms with E-state index in [1.807, 2.05) is 25.9 Å². The lowest BCUT2D eigenvalue weighted by molar-refractivity contribution is 0.277. The summed E-state index contributed by atoms with van der Waals surface area (Å²) >= 11 is 0. The third-order valence-corrected chi connectivity index (χ3v) is 5.09. The Morgan fingerprint density at radius 1 is 1.29 bits per heavy atom. The van der Waals surface area contributed by atoms with E-state index in [2.05, 4.69) is 5.10 Å². The number of aliphatic hydroxyl groups is 1. The summed E-state index contributed by atoms with van der Waals surface area (Å²) in [6.45, 7) is 4.20. The Kier molecular flexibility index (Phi) is 7.30. The Hall–Kier alpha value is -0.960. The Labute approximate surface area is 127 Å². The molecule has 1 rings (SSSR count). The second kappa shape index (κ2) is 8.47. The van der Waals surface area contributed by atoms with Gasteiger partial charge in [0, 0.05) is 32.4 Å². The highest BCUT2D eigenvalue weighted by Crippen LogP contribution is 2.15. The average molecular weight is 318 g/mol. The molecule has 0 amide bonds. The molecule has 0 aliphatic carbocycles. The first-order chi connectivity index (χ1) is 9.91. The van der Waals surface area contributed by atoms with Gasteiger partial charge in [-0.15, -0.1) is 0 Å². The van der Waals surface area contributed by atoms with Gasteiger partial charge in [-0.25, -0.2) is 8.42 Å². The van der Waals surface area contributed by atoms with E-state index >= 15 is 0 Å². The van der Waals surface area contributed by atoms with Gasteiger partial charge in [-0.05, 0) is 33.5 Å². The number of rotatable bonds is 10. The minimum Gasteiger partial charge on any atom is -0.396 e. The largest absolute Gasteiger partial charge is 0.396 e. The average Bonchev–Trinajstić information content (AvgIpc) is 2.90. The zero-order valence-corrected chi connectivity index (χ0v) is 13.9. The van der Waals surface area contributed by atoms with Crippen molar-refractivity contribution >= 4 is 10.0 Å². The van der Waals surface area contributed by atoms with Crippen LogP contribution in [0.25, 0.3) is 0 Å². The van der Waals surface area contributed by atoms with Crippen molar-refractivity contribution in [2.45, 2.75) is 31.2 Å². The molecule has 0 aromatic carbocycles. The SMILES string of the molecule is CCN(CCCN(C)C)S(=O)(=O)c1cnn(CCCO)c1. The first-order valence-electron chi connectivity index (χ1n) is 7.20. The summed E-state index contributed by atoms with van der Waals surface area (Å²) in [6, 6.07) is 0. The summed E-state index contributed by atoms with van der Waals surface area (Å²) in [5.74, 6) is 0. The van der Waals surface area contributed by atoms with E-state index in [1.54, 1.807) is 4.68 Å². The van der Waals surface area contributed by atoms with Crippen molar-refractivity contribution in [3.8, 4) is 0 Å². The van der Waals surface area contributed by atoms with Crippen molar-refractivity contribution in [1.29, 1.82) is 0 Å². The van der Waals surface area contributed by atoms with Crippen LogP contribution in [-0.2, 0) is 16.6 Å². The summed E-state index contributed by atoms with van der Waals surface area (Å²) in [5.41, 5.74) is 0. The van der Waals surface area contributed by atoms with Gasteiger partial charge < -0.3 is 10.0 Å². The summed E-state index contributed by atoms with van der Waals surface area (Å²) in [7, 11) is 0.452. The minimum atomic E-state index is -3.48. The van der Waals surface area contributed by atoms with E-state index in [0.717, 1.165) is 13.0 Å². The van der Waals surface area contributed by atoms with E-state index in [9.17, 15) is 8.42 Å². The molecule has 8 heteroatoms. The van der Waals surface area contributed by atoms with E-state index in [1.165, 1.54) is 16.7 Å². The van der Waals surface area contributed by atoms with Crippen LogP contribution >= 0.6 is 0 Å². The van der Waals surface area contributed by atoms with Crippen molar-refractivity contribution in [3.05, 3.63) is 12.4 Å². The molecule has 0 fully saturated rings. The zero-order valence-electron chi connectivity index (χ0n) is 13.1. The predicted octanol–water partition coefficient (Wildman–Crippen LogP) is 0.228. The highest BCUT2D eigenvalue weighted by Gasteiger charge is 2.24. The van der Waals surface area contributed by atoms with Crippen LogP contribution < -0.4 is 0 Å². The first kappa shape index (κ1) is 18.1. The van der Waals surface area contributed by atoms with Crippen molar-refractivity contribution < 1.29 is 13.5 Å². The first-order valence-corrected chi connectivity index (χ1v) is 8.64. The standard InChI is InChI=1S/C13H26N4O3S/c1-4-17(9-5-7-15(2)3)21(19,20)13-11-14-16(12-13)8-6-10-18/h11-12,18H,4-10H2,1-3H3. The fourth-order valence-electron chi connectivity index (χ4n) is 1.99. The molecule has 21 heavy (non-hydrogen) atoms. The smallest absolute Gasteiger partial charge is 0.246 e. The van der Waals surface area contributed by atoms with E-state index < -0.39 is 10.0 Å². The highest BCUT2D eigenvalue weighted by molar-refractivity contribution is 7.89. The van der Waals surface area contributed by atoms with Gasteiger partial charge in [0.1, 0.15) is 4.90 Å². The monoisotopic (exact) mass is 318 g/mol. The van der Waals surface area contributed by atoms with E-state index in [0.29, 0.717) is 26.1 Å². The second-order valence-corrected chi connectivity index (χ2v) is 7.11. The number of aryl methyl sites for hydroxylation is 1. The maximum absolute atomic E-state index is 12.5. The Morgan fingerprint density at radius 2 is 2.00 bits per heavy atom. The maximum atomic E-state index is 12.5. The molecular formula is C13H26N4O3S. The Morgan fingerprint density at radius 3 is 2.57 bits per heavy atom. The lowest BCUT2D eigenvalue weighted by atomic mass is 10.4. The number of nitrogens with zero attached hydrogens (tertiary/aromatic N) is 4. The molecule has 0 bridgehead atoms. The van der Waals surface area contributed by atoms with Crippen molar-refractivity contribution in [3.63, 3.8) is 0 Å². The van der Waals surface area contributed by atoms with Gasteiger partial charge in [-0.3, -0.25) is 4.68 Å². The quantitative estimate of drug-likeness (QED) is 0.668. The van der Waals surface area contributed by atoms with Crippen LogP contribution in [0.2, 0.25) is 0 Å². The maximum Gasteiger partial charge on any atom is 0.246 e. The Balaban J connectivity index is 2.74. The van der Waals surface area contributed by atoms with Crippen LogP contribution in [0.15, 0.2) is 17.3 Å². The third kappa shape index (κ3) is 5.39. The lowest BCUT2D eigenvalue weighted by Crippen LogP contribution is -2.33. The lowest BCUT2D eigenvalue weighted by Gasteiger charge is -2.20. The van der Waals surface area contributed by atoms with Crippen LogP contribution in [-0.4, -0.2) is 72.8 Å². The minimum absolute atomic E-state index is 0.0631. The molecule has 0 unspecified atom stereocenters. The Bertz CT molecular complexity index is 513. The molecule has 0 saturated heterocycles. The topological polar surface area (TPSA) is 78.7 Å². The molecule has 0 saturated carbocycles. The van der Waals surface area contributed by atoms with E-state index in [-0.39, 0.29) is 11.5 Å². The van der Waals surface area contributed by atoms with Gasteiger partial charge in [0.25, 0.3) is 0 Å². The number of hydrogen-bond donors (Lipinski definition) is 1. The summed E-state index contributed by atoms with van der Waals surface area (Å²) in [4.78, 5) is 2.25. The summed E-state index contributed by atoms with van der Waals surface area (Å²) in [6.07, 6.45) is 4.25. The van der Waals surface area contributed by atoms with Crippen LogP contribution in [0.3, 0.4) is 0 Å². The van der Waals surface area contributed by atoms with Crippen LogP contribution in [0.1, 0.15) is 19.8 Å². The molecule has 1 N–H and O–H groups in total. The predicted molar refractivity (Wildman–Crippen MR) is 81.5 cm³/mol. The number of hydrogen-bond acceptors (Lipinski definition) is 5. The van der Waals surface area contributed by atoms with Gasteiger partial charge in [0.2, 0.25) is 10.0 Å². The van der Waals surface area contributed by atoms with Gasteiger partial charge in [-0.1, -0.05) is 6.92 Å². The molecule has 7 nitrogen and oxygen atoms in total. The molecule has 0 aliphatic heterocycles. The molecule has 0 radical (unpaired) electrons. The fraction of sp³-hybridized carbons (Fsp3) is 0.769. The van der Waals surface area contributed by atoms with E-state index in [4.69, 9.17) is 5.11 Å². The summed E-state index contributed by atoms with van der Waals surface area (Å²) < 4.78 is 28.1. The number of aromatic nitrogens is 2. The molecular weight excluding hydrogens is 292 g/mol. The van der Waals surface area contributed by atoms with Crippen molar-refractivity contribution in [2.75, 3.05) is 40.3 Å². The molecule has 1 aromatic rings. The molecule has 1 aromatic heterocycles. The van der Waals surface area contributed by atoms with Crippen LogP contribution in [0.5, 0.6) is 0 Å². The zero-order chi connectivity index (χ0) is 15.9. The molecule has 122 valence electrons. The van der Waals surface area contributed by atoms with Gasteiger partial charge in [-0.2, -0.15) is 9.40 Å². The highest BCUT2D eigenvalue weighted by atomic mass is 32.2. The van der Waals surface area contributed by atoms with Gasteiger partial charge in [0.05, 0.1) is 6.20 Å². The number of aliphatic hydroxyl groups excluding tert-OH is 1. The summed E-state index contributed by atoms with van der Waals surface area (Å²) in [5, 5.41) is 12.8. The van der Waals surface area contributed by atoms with Crippen LogP contribution in [0.4, 0.5) is 0 Å². The normalized spacial score (nSPS) is 12.5. The van der Waals surface area contributed by atoms with Crippen molar-refractivity contribution in [1.82, 2.24) is 19.0 Å². The van der Waals surface area contributed by atoms with Gasteiger partial charge in [0.15, 0.2) is 0 Å². The third-order valence-electron chi connectivity index (χ3n) is 3.16. The molecule has 0 aliphatic rings. The molecule has 0 atom stereocenters. The van der Waals surface area contributed by atoms with Gasteiger partial charge >= 0.3 is 0 Å². The molecule has 1 heterocycles. The number of sulfonamides is 1. The second-order valence-electron chi connectivity index (χ2n) is 5.17.